The third-order valence-electron chi connectivity index (χ3n) is 4.39. The van der Waals surface area contributed by atoms with Crippen molar-refractivity contribution in [3.8, 4) is 5.69 Å². The fourth-order valence-corrected chi connectivity index (χ4v) is 2.98. The van der Waals surface area contributed by atoms with E-state index in [0.29, 0.717) is 35.2 Å². The molecule has 3 aromatic rings. The van der Waals surface area contributed by atoms with Crippen LogP contribution in [0.2, 0.25) is 0 Å². The van der Waals surface area contributed by atoms with Crippen LogP contribution in [0.15, 0.2) is 47.1 Å². The van der Waals surface area contributed by atoms with Gasteiger partial charge in [0.1, 0.15) is 11.6 Å². The number of hydrogen-bond acceptors (Lipinski definition) is 3. The van der Waals surface area contributed by atoms with Crippen molar-refractivity contribution in [2.45, 2.75) is 32.2 Å². The number of carbonyl (C=O) groups excluding carboxylic acids is 1. The van der Waals surface area contributed by atoms with Crippen molar-refractivity contribution in [1.29, 1.82) is 0 Å². The van der Waals surface area contributed by atoms with E-state index < -0.39 is 0 Å². The summed E-state index contributed by atoms with van der Waals surface area (Å²) < 4.78 is 20.5. The van der Waals surface area contributed by atoms with Crippen LogP contribution >= 0.6 is 0 Å². The van der Waals surface area contributed by atoms with Gasteiger partial charge in [0.05, 0.1) is 35.4 Å². The van der Waals surface area contributed by atoms with Crippen molar-refractivity contribution in [3.63, 3.8) is 0 Å². The van der Waals surface area contributed by atoms with E-state index in [-0.39, 0.29) is 11.7 Å². The molecule has 1 N–H and O–H groups in total. The third-order valence-corrected chi connectivity index (χ3v) is 4.39. The Kier molecular flexibility index (Phi) is 3.87. The molecule has 128 valence electrons. The van der Waals surface area contributed by atoms with Crippen LogP contribution in [0.4, 0.5) is 4.39 Å². The van der Waals surface area contributed by atoms with Gasteiger partial charge in [0.25, 0.3) is 5.91 Å². The van der Waals surface area contributed by atoms with Crippen molar-refractivity contribution < 1.29 is 13.6 Å². The zero-order valence-corrected chi connectivity index (χ0v) is 13.8. The minimum atomic E-state index is -0.329. The summed E-state index contributed by atoms with van der Waals surface area (Å²) >= 11 is 0. The lowest BCUT2D eigenvalue weighted by Crippen LogP contribution is -2.24. The van der Waals surface area contributed by atoms with Crippen LogP contribution in [-0.4, -0.2) is 15.7 Å². The van der Waals surface area contributed by atoms with Gasteiger partial charge in [-0.15, -0.1) is 0 Å². The fourth-order valence-electron chi connectivity index (χ4n) is 2.98. The smallest absolute Gasteiger partial charge is 0.255 e. The summed E-state index contributed by atoms with van der Waals surface area (Å²) in [6.45, 7) is 2.16. The number of furan rings is 1. The number of benzene rings is 1. The van der Waals surface area contributed by atoms with Crippen molar-refractivity contribution in [1.82, 2.24) is 15.1 Å². The lowest BCUT2D eigenvalue weighted by molar-refractivity contribution is 0.0946. The van der Waals surface area contributed by atoms with E-state index in [0.717, 1.165) is 18.5 Å². The molecule has 25 heavy (non-hydrogen) atoms. The second kappa shape index (κ2) is 6.20. The van der Waals surface area contributed by atoms with Gasteiger partial charge in [0.2, 0.25) is 0 Å². The van der Waals surface area contributed by atoms with Crippen LogP contribution in [0.25, 0.3) is 5.69 Å². The summed E-state index contributed by atoms with van der Waals surface area (Å²) in [6, 6.07) is 9.82. The first-order valence-corrected chi connectivity index (χ1v) is 8.29. The first-order valence-electron chi connectivity index (χ1n) is 8.29. The zero-order chi connectivity index (χ0) is 17.4. The van der Waals surface area contributed by atoms with Gasteiger partial charge in [0.15, 0.2) is 0 Å². The molecule has 0 spiro atoms. The normalized spacial score (nSPS) is 13.8. The van der Waals surface area contributed by atoms with Crippen LogP contribution in [0, 0.1) is 12.7 Å². The van der Waals surface area contributed by atoms with Gasteiger partial charge in [-0.2, -0.15) is 5.10 Å². The number of amides is 1. The number of nitrogens with zero attached hydrogens (tertiary/aromatic N) is 2. The summed E-state index contributed by atoms with van der Waals surface area (Å²) in [6.07, 6.45) is 3.63. The summed E-state index contributed by atoms with van der Waals surface area (Å²) in [5.41, 5.74) is 2.70. The molecule has 0 aliphatic heterocycles. The molecule has 0 bridgehead atoms. The Morgan fingerprint density at radius 3 is 2.88 bits per heavy atom. The predicted molar refractivity (Wildman–Crippen MR) is 90.1 cm³/mol. The molecule has 4 rings (SSSR count). The lowest BCUT2D eigenvalue weighted by atomic mass is 10.1. The molecule has 5 nitrogen and oxygen atoms in total. The summed E-state index contributed by atoms with van der Waals surface area (Å²) in [5.74, 6) is 0.483. The number of halogens is 1. The Morgan fingerprint density at radius 1 is 1.36 bits per heavy atom. The van der Waals surface area contributed by atoms with Crippen molar-refractivity contribution >= 4 is 5.91 Å². The highest BCUT2D eigenvalue weighted by Gasteiger charge is 2.33. The first-order chi connectivity index (χ1) is 12.1. The molecule has 0 unspecified atom stereocenters. The average Bonchev–Trinajstić information content (AvgIpc) is 3.19. The van der Waals surface area contributed by atoms with Crippen molar-refractivity contribution in [2.24, 2.45) is 0 Å². The van der Waals surface area contributed by atoms with E-state index in [1.165, 1.54) is 12.1 Å². The molecule has 0 atom stereocenters. The minimum absolute atomic E-state index is 0.182. The number of rotatable bonds is 5. The Hall–Kier alpha value is -2.89. The number of hydrogen-bond donors (Lipinski definition) is 1. The van der Waals surface area contributed by atoms with Crippen LogP contribution < -0.4 is 5.32 Å². The van der Waals surface area contributed by atoms with Crippen LogP contribution in [0.5, 0.6) is 0 Å². The molecule has 1 aliphatic carbocycles. The number of aromatic nitrogens is 2. The maximum absolute atomic E-state index is 13.6. The van der Waals surface area contributed by atoms with Gasteiger partial charge in [-0.3, -0.25) is 4.79 Å². The topological polar surface area (TPSA) is 60.1 Å². The highest BCUT2D eigenvalue weighted by Crippen LogP contribution is 2.42. The summed E-state index contributed by atoms with van der Waals surface area (Å²) in [5, 5.41) is 7.50. The van der Waals surface area contributed by atoms with E-state index in [2.05, 4.69) is 10.4 Å². The molecule has 1 aliphatic rings. The van der Waals surface area contributed by atoms with Crippen molar-refractivity contribution in [3.05, 3.63) is 71.2 Å². The highest BCUT2D eigenvalue weighted by atomic mass is 19.1. The molecule has 0 radical (unpaired) electrons. The van der Waals surface area contributed by atoms with E-state index in [1.807, 2.05) is 13.0 Å². The van der Waals surface area contributed by atoms with E-state index in [9.17, 15) is 9.18 Å². The molecule has 1 aromatic carbocycles. The molecular formula is C19H18FN3O2. The standard InChI is InChI=1S/C19H18FN3O2/c1-12-17(19(24)21-11-16-6-3-9-25-16)18(13-7-8-13)22-23(12)15-5-2-4-14(20)10-15/h2-6,9-10,13H,7-8,11H2,1H3,(H,21,24). The highest BCUT2D eigenvalue weighted by molar-refractivity contribution is 5.96. The number of nitrogens with one attached hydrogen (secondary N) is 1. The second-order valence-electron chi connectivity index (χ2n) is 6.27. The van der Waals surface area contributed by atoms with Crippen LogP contribution in [-0.2, 0) is 6.54 Å². The molecule has 6 heteroatoms. The van der Waals surface area contributed by atoms with Crippen molar-refractivity contribution in [2.75, 3.05) is 0 Å². The molecule has 1 amide bonds. The zero-order valence-electron chi connectivity index (χ0n) is 13.8. The summed E-state index contributed by atoms with van der Waals surface area (Å²) in [4.78, 5) is 12.7. The Bertz CT molecular complexity index is 911. The molecule has 2 aromatic heterocycles. The average molecular weight is 339 g/mol. The maximum atomic E-state index is 13.6. The number of carbonyl (C=O) groups is 1. The monoisotopic (exact) mass is 339 g/mol. The van der Waals surface area contributed by atoms with E-state index >= 15 is 0 Å². The van der Waals surface area contributed by atoms with Gasteiger partial charge in [0, 0.05) is 5.92 Å². The molecule has 1 saturated carbocycles. The maximum Gasteiger partial charge on any atom is 0.255 e. The van der Waals surface area contributed by atoms with Crippen LogP contribution in [0.3, 0.4) is 0 Å². The van der Waals surface area contributed by atoms with E-state index in [4.69, 9.17) is 4.42 Å². The van der Waals surface area contributed by atoms with Gasteiger partial charge in [-0.05, 0) is 50.1 Å². The Balaban J connectivity index is 1.67. The first kappa shape index (κ1) is 15.6. The second-order valence-corrected chi connectivity index (χ2v) is 6.27. The Labute approximate surface area is 144 Å². The predicted octanol–water partition coefficient (Wildman–Crippen LogP) is 3.72. The van der Waals surface area contributed by atoms with Gasteiger partial charge < -0.3 is 9.73 Å². The van der Waals surface area contributed by atoms with Gasteiger partial charge in [-0.1, -0.05) is 6.07 Å². The van der Waals surface area contributed by atoms with Gasteiger partial charge in [-0.25, -0.2) is 9.07 Å². The molecule has 2 heterocycles. The quantitative estimate of drug-likeness (QED) is 0.771. The minimum Gasteiger partial charge on any atom is -0.467 e. The Morgan fingerprint density at radius 2 is 2.20 bits per heavy atom. The molecular weight excluding hydrogens is 321 g/mol. The molecule has 0 saturated heterocycles. The summed E-state index contributed by atoms with van der Waals surface area (Å²) in [7, 11) is 0. The van der Waals surface area contributed by atoms with Crippen LogP contribution in [0.1, 0.15) is 46.3 Å². The fraction of sp³-hybridized carbons (Fsp3) is 0.263. The largest absolute Gasteiger partial charge is 0.467 e. The lowest BCUT2D eigenvalue weighted by Gasteiger charge is -2.06. The van der Waals surface area contributed by atoms with E-state index in [1.54, 1.807) is 29.1 Å². The van der Waals surface area contributed by atoms with Gasteiger partial charge >= 0.3 is 0 Å². The molecule has 1 fully saturated rings. The SMILES string of the molecule is Cc1c(C(=O)NCc2ccco2)c(C2CC2)nn1-c1cccc(F)c1. The third kappa shape index (κ3) is 3.07.